The highest BCUT2D eigenvalue weighted by molar-refractivity contribution is 6.61. The highest BCUT2D eigenvalue weighted by Gasteiger charge is 2.05. The van der Waals surface area contributed by atoms with Crippen molar-refractivity contribution < 1.29 is 9.53 Å². The summed E-state index contributed by atoms with van der Waals surface area (Å²) in [6.45, 7) is 1.80. The van der Waals surface area contributed by atoms with Crippen molar-refractivity contribution in [3.63, 3.8) is 0 Å². The minimum absolute atomic E-state index is 0.350. The first-order valence-corrected chi connectivity index (χ1v) is 3.35. The number of hydrogen-bond donors (Lipinski definition) is 0. The molecule has 1 rings (SSSR count). The molecule has 11 heavy (non-hydrogen) atoms. The third kappa shape index (κ3) is 1.94. The highest BCUT2D eigenvalue weighted by atomic mass is 35.5. The van der Waals surface area contributed by atoms with Gasteiger partial charge in [-0.3, -0.25) is 0 Å². The van der Waals surface area contributed by atoms with Gasteiger partial charge in [-0.25, -0.2) is 9.48 Å². The third-order valence-electron chi connectivity index (χ3n) is 1.14. The summed E-state index contributed by atoms with van der Waals surface area (Å²) in [7, 11) is 1.67. The van der Waals surface area contributed by atoms with E-state index in [4.69, 9.17) is 11.6 Å². The largest absolute Gasteiger partial charge is 0.410 e. The molecule has 0 aliphatic rings. The van der Waals surface area contributed by atoms with E-state index in [1.165, 1.54) is 4.68 Å². The molecular formula is C6H7ClN2O2. The SMILES string of the molecule is Cc1cc(OC(=O)Cl)n(C)n1. The van der Waals surface area contributed by atoms with Crippen LogP contribution < -0.4 is 4.74 Å². The van der Waals surface area contributed by atoms with Crippen molar-refractivity contribution in [2.24, 2.45) is 7.05 Å². The second-order valence-electron chi connectivity index (χ2n) is 2.09. The van der Waals surface area contributed by atoms with Crippen LogP contribution in [0.2, 0.25) is 0 Å². The topological polar surface area (TPSA) is 44.1 Å². The van der Waals surface area contributed by atoms with Gasteiger partial charge in [0.2, 0.25) is 5.88 Å². The Bertz CT molecular complexity index is 282. The smallest absolute Gasteiger partial charge is 0.396 e. The van der Waals surface area contributed by atoms with Crippen LogP contribution in [0.25, 0.3) is 0 Å². The number of nitrogens with zero attached hydrogens (tertiary/aromatic N) is 2. The average molecular weight is 175 g/mol. The first kappa shape index (κ1) is 8.07. The zero-order chi connectivity index (χ0) is 8.43. The maximum Gasteiger partial charge on any atom is 0.410 e. The molecule has 4 nitrogen and oxygen atoms in total. The van der Waals surface area contributed by atoms with Gasteiger partial charge in [0.1, 0.15) is 0 Å². The molecule has 0 atom stereocenters. The van der Waals surface area contributed by atoms with Gasteiger partial charge in [-0.2, -0.15) is 5.10 Å². The summed E-state index contributed by atoms with van der Waals surface area (Å²) in [6.07, 6.45) is 0. The number of carbonyl (C=O) groups is 1. The predicted molar refractivity (Wildman–Crippen MR) is 39.8 cm³/mol. The van der Waals surface area contributed by atoms with Gasteiger partial charge in [0.15, 0.2) is 0 Å². The van der Waals surface area contributed by atoms with Gasteiger partial charge in [-0.15, -0.1) is 0 Å². The fraction of sp³-hybridized carbons (Fsp3) is 0.333. The molecule has 0 aromatic carbocycles. The number of rotatable bonds is 1. The molecule has 1 aromatic heterocycles. The van der Waals surface area contributed by atoms with Crippen molar-refractivity contribution in [3.8, 4) is 5.88 Å². The summed E-state index contributed by atoms with van der Waals surface area (Å²) >= 11 is 4.99. The minimum Gasteiger partial charge on any atom is -0.396 e. The summed E-state index contributed by atoms with van der Waals surface area (Å²) < 4.78 is 6.03. The number of halogens is 1. The maximum atomic E-state index is 10.3. The molecule has 1 aromatic rings. The predicted octanol–water partition coefficient (Wildman–Crippen LogP) is 1.47. The van der Waals surface area contributed by atoms with Crippen LogP contribution in [0.1, 0.15) is 5.69 Å². The van der Waals surface area contributed by atoms with Gasteiger partial charge in [0.05, 0.1) is 5.69 Å². The van der Waals surface area contributed by atoms with Crippen LogP contribution in [0.4, 0.5) is 4.79 Å². The van der Waals surface area contributed by atoms with E-state index in [2.05, 4.69) is 9.84 Å². The van der Waals surface area contributed by atoms with E-state index in [1.54, 1.807) is 20.0 Å². The van der Waals surface area contributed by atoms with Gasteiger partial charge in [-0.05, 0) is 6.92 Å². The van der Waals surface area contributed by atoms with Crippen LogP contribution in [0.3, 0.4) is 0 Å². The molecular weight excluding hydrogens is 168 g/mol. The lowest BCUT2D eigenvalue weighted by Gasteiger charge is -1.96. The van der Waals surface area contributed by atoms with Crippen molar-refractivity contribution in [3.05, 3.63) is 11.8 Å². The zero-order valence-corrected chi connectivity index (χ0v) is 6.92. The number of aromatic nitrogens is 2. The standard InChI is InChI=1S/C6H7ClN2O2/c1-4-3-5(9(2)8-4)11-6(7)10/h3H,1-2H3. The number of hydrogen-bond acceptors (Lipinski definition) is 3. The van der Waals surface area contributed by atoms with Crippen molar-refractivity contribution in [2.45, 2.75) is 6.92 Å². The molecule has 0 unspecified atom stereocenters. The zero-order valence-electron chi connectivity index (χ0n) is 6.17. The average Bonchev–Trinajstić information content (AvgIpc) is 2.09. The van der Waals surface area contributed by atoms with Gasteiger partial charge in [0, 0.05) is 24.7 Å². The Balaban J connectivity index is 2.85. The van der Waals surface area contributed by atoms with E-state index in [1.807, 2.05) is 0 Å². The molecule has 0 radical (unpaired) electrons. The van der Waals surface area contributed by atoms with Crippen LogP contribution in [-0.4, -0.2) is 15.2 Å². The summed E-state index contributed by atoms with van der Waals surface area (Å²) in [5, 5.41) is 3.94. The number of ether oxygens (including phenoxy) is 1. The first-order chi connectivity index (χ1) is 5.09. The molecule has 5 heteroatoms. The second-order valence-corrected chi connectivity index (χ2v) is 2.40. The molecule has 0 fully saturated rings. The highest BCUT2D eigenvalue weighted by Crippen LogP contribution is 2.11. The Morgan fingerprint density at radius 3 is 2.82 bits per heavy atom. The molecule has 0 amide bonds. The lowest BCUT2D eigenvalue weighted by Crippen LogP contribution is -2.01. The van der Waals surface area contributed by atoms with Crippen molar-refractivity contribution in [2.75, 3.05) is 0 Å². The maximum absolute atomic E-state index is 10.3. The summed E-state index contributed by atoms with van der Waals surface area (Å²) in [5.74, 6) is 0.350. The molecule has 0 N–H and O–H groups in total. The lowest BCUT2D eigenvalue weighted by molar-refractivity contribution is 0.221. The third-order valence-corrected chi connectivity index (χ3v) is 1.22. The Morgan fingerprint density at radius 1 is 1.82 bits per heavy atom. The molecule has 0 aliphatic carbocycles. The summed E-state index contributed by atoms with van der Waals surface area (Å²) in [4.78, 5) is 10.3. The van der Waals surface area contributed by atoms with Gasteiger partial charge < -0.3 is 4.74 Å². The molecule has 0 spiro atoms. The Morgan fingerprint density at radius 2 is 2.45 bits per heavy atom. The molecule has 0 saturated heterocycles. The molecule has 60 valence electrons. The van der Waals surface area contributed by atoms with E-state index in [9.17, 15) is 4.79 Å². The van der Waals surface area contributed by atoms with Crippen molar-refractivity contribution in [1.29, 1.82) is 0 Å². The normalized spacial score (nSPS) is 9.73. The van der Waals surface area contributed by atoms with Crippen molar-refractivity contribution >= 4 is 17.0 Å². The molecule has 0 bridgehead atoms. The van der Waals surface area contributed by atoms with E-state index < -0.39 is 5.43 Å². The Hall–Kier alpha value is -1.03. The Labute approximate surface area is 68.7 Å². The van der Waals surface area contributed by atoms with Crippen LogP contribution in [0, 0.1) is 6.92 Å². The number of aryl methyl sites for hydroxylation is 2. The monoisotopic (exact) mass is 174 g/mol. The minimum atomic E-state index is -0.854. The van der Waals surface area contributed by atoms with Gasteiger partial charge in [-0.1, -0.05) is 0 Å². The van der Waals surface area contributed by atoms with Crippen LogP contribution in [-0.2, 0) is 7.05 Å². The van der Waals surface area contributed by atoms with E-state index >= 15 is 0 Å². The Kier molecular flexibility index (Phi) is 2.14. The van der Waals surface area contributed by atoms with Crippen LogP contribution in [0.15, 0.2) is 6.07 Å². The summed E-state index contributed by atoms with van der Waals surface area (Å²) in [5.41, 5.74) is -0.0755. The second kappa shape index (κ2) is 2.92. The van der Waals surface area contributed by atoms with Gasteiger partial charge >= 0.3 is 5.43 Å². The lowest BCUT2D eigenvalue weighted by atomic mass is 10.5. The van der Waals surface area contributed by atoms with Gasteiger partial charge in [0.25, 0.3) is 0 Å². The molecule has 1 heterocycles. The summed E-state index contributed by atoms with van der Waals surface area (Å²) in [6, 6.07) is 1.63. The fourth-order valence-corrected chi connectivity index (χ4v) is 0.844. The quantitative estimate of drug-likeness (QED) is 0.606. The van der Waals surface area contributed by atoms with Crippen LogP contribution in [0.5, 0.6) is 5.88 Å². The van der Waals surface area contributed by atoms with E-state index in [0.717, 1.165) is 5.69 Å². The van der Waals surface area contributed by atoms with E-state index in [-0.39, 0.29) is 0 Å². The fourth-order valence-electron chi connectivity index (χ4n) is 0.765. The molecule has 0 saturated carbocycles. The van der Waals surface area contributed by atoms with E-state index in [0.29, 0.717) is 5.88 Å². The first-order valence-electron chi connectivity index (χ1n) is 2.97. The number of carbonyl (C=O) groups excluding carboxylic acids is 1. The van der Waals surface area contributed by atoms with Crippen LogP contribution >= 0.6 is 11.6 Å². The van der Waals surface area contributed by atoms with Crippen molar-refractivity contribution in [1.82, 2.24) is 9.78 Å². The molecule has 0 aliphatic heterocycles.